The molecule has 2 rings (SSSR count). The number of rotatable bonds is 12. The first-order valence-corrected chi connectivity index (χ1v) is 13.9. The quantitative estimate of drug-likeness (QED) is 0.422. The number of nitrogens with one attached hydrogen (secondary N) is 1. The van der Waals surface area contributed by atoms with Gasteiger partial charge in [0.1, 0.15) is 18.3 Å². The molecule has 2 atom stereocenters. The topological polar surface area (TPSA) is 96.0 Å². The number of alkyl halides is 3. The van der Waals surface area contributed by atoms with E-state index < -0.39 is 46.2 Å². The first-order valence-electron chi connectivity index (χ1n) is 12.1. The van der Waals surface area contributed by atoms with E-state index in [4.69, 9.17) is 4.74 Å². The van der Waals surface area contributed by atoms with Gasteiger partial charge in [-0.05, 0) is 55.7 Å². The normalized spacial score (nSPS) is 13.4. The van der Waals surface area contributed by atoms with Crippen molar-refractivity contribution in [1.29, 1.82) is 0 Å². The van der Waals surface area contributed by atoms with Gasteiger partial charge in [-0.15, -0.1) is 0 Å². The Morgan fingerprint density at radius 1 is 1.05 bits per heavy atom. The number of methoxy groups -OCH3 is 1. The van der Waals surface area contributed by atoms with Crippen molar-refractivity contribution in [2.45, 2.75) is 58.4 Å². The molecule has 0 aliphatic heterocycles. The molecule has 0 fully saturated rings. The fourth-order valence-corrected chi connectivity index (χ4v) is 4.62. The van der Waals surface area contributed by atoms with E-state index in [-0.39, 0.29) is 24.7 Å². The van der Waals surface area contributed by atoms with Gasteiger partial charge in [-0.1, -0.05) is 32.0 Å². The summed E-state index contributed by atoms with van der Waals surface area (Å²) < 4.78 is 71.0. The number of benzene rings is 2. The van der Waals surface area contributed by atoms with Crippen LogP contribution in [-0.2, 0) is 32.3 Å². The third-order valence-corrected chi connectivity index (χ3v) is 7.16. The number of anilines is 1. The second kappa shape index (κ2) is 13.0. The predicted octanol–water partition coefficient (Wildman–Crippen LogP) is 4.20. The molecule has 38 heavy (non-hydrogen) atoms. The Morgan fingerprint density at radius 3 is 2.26 bits per heavy atom. The van der Waals surface area contributed by atoms with E-state index in [1.807, 2.05) is 13.8 Å². The van der Waals surface area contributed by atoms with Crippen molar-refractivity contribution in [3.63, 3.8) is 0 Å². The van der Waals surface area contributed by atoms with Crippen molar-refractivity contribution in [3.05, 3.63) is 59.7 Å². The average molecular weight is 558 g/mol. The molecule has 8 nitrogen and oxygen atoms in total. The minimum Gasteiger partial charge on any atom is -0.497 e. The first-order chi connectivity index (χ1) is 17.7. The number of hydrogen-bond acceptors (Lipinski definition) is 5. The average Bonchev–Trinajstić information content (AvgIpc) is 2.85. The Kier molecular flexibility index (Phi) is 10.6. The van der Waals surface area contributed by atoms with Gasteiger partial charge < -0.3 is 15.0 Å². The van der Waals surface area contributed by atoms with Gasteiger partial charge in [0.15, 0.2) is 0 Å². The van der Waals surface area contributed by atoms with Crippen LogP contribution in [-0.4, -0.2) is 57.1 Å². The molecule has 0 aliphatic carbocycles. The molecule has 1 N–H and O–H groups in total. The second-order valence-corrected chi connectivity index (χ2v) is 10.8. The molecule has 0 heterocycles. The van der Waals surface area contributed by atoms with E-state index in [9.17, 15) is 31.2 Å². The van der Waals surface area contributed by atoms with E-state index in [0.29, 0.717) is 28.1 Å². The molecule has 2 aromatic rings. The first kappa shape index (κ1) is 30.9. The summed E-state index contributed by atoms with van der Waals surface area (Å²) in [5.74, 6) is -0.640. The van der Waals surface area contributed by atoms with Crippen molar-refractivity contribution < 1.29 is 35.9 Å². The maximum absolute atomic E-state index is 13.7. The summed E-state index contributed by atoms with van der Waals surface area (Å²) >= 11 is 0. The lowest BCUT2D eigenvalue weighted by atomic mass is 10.1. The minimum atomic E-state index is -4.71. The summed E-state index contributed by atoms with van der Waals surface area (Å²) in [7, 11) is -2.69. The lowest BCUT2D eigenvalue weighted by molar-refractivity contribution is -0.140. The number of sulfonamides is 1. The Hall–Kier alpha value is -3.28. The SMILES string of the molecule is CC[C@@H](C)NC(=O)[C@@H](CC)N(Cc1cccc(OC)c1)C(=O)CN(c1cccc(C(F)(F)F)c1)S(C)(=O)=O. The molecule has 0 radical (unpaired) electrons. The third-order valence-electron chi connectivity index (χ3n) is 6.01. The minimum absolute atomic E-state index is 0.0529. The van der Waals surface area contributed by atoms with Crippen LogP contribution >= 0.6 is 0 Å². The summed E-state index contributed by atoms with van der Waals surface area (Å²) in [5, 5.41) is 2.85. The zero-order chi connectivity index (χ0) is 28.7. The molecule has 12 heteroatoms. The number of carbonyl (C=O) groups excluding carboxylic acids is 2. The van der Waals surface area contributed by atoms with E-state index >= 15 is 0 Å². The van der Waals surface area contributed by atoms with Gasteiger partial charge in [0.25, 0.3) is 0 Å². The van der Waals surface area contributed by atoms with Crippen LogP contribution in [0.1, 0.15) is 44.7 Å². The van der Waals surface area contributed by atoms with Gasteiger partial charge in [0.05, 0.1) is 24.6 Å². The van der Waals surface area contributed by atoms with Crippen LogP contribution in [0, 0.1) is 0 Å². The van der Waals surface area contributed by atoms with Crippen LogP contribution in [0.3, 0.4) is 0 Å². The maximum atomic E-state index is 13.7. The predicted molar refractivity (Wildman–Crippen MR) is 139 cm³/mol. The van der Waals surface area contributed by atoms with Crippen molar-refractivity contribution >= 4 is 27.5 Å². The Balaban J connectivity index is 2.51. The molecular weight excluding hydrogens is 523 g/mol. The van der Waals surface area contributed by atoms with Crippen molar-refractivity contribution in [3.8, 4) is 5.75 Å². The van der Waals surface area contributed by atoms with E-state index in [0.717, 1.165) is 18.4 Å². The largest absolute Gasteiger partial charge is 0.497 e. The smallest absolute Gasteiger partial charge is 0.416 e. The van der Waals surface area contributed by atoms with Crippen molar-refractivity contribution in [1.82, 2.24) is 10.2 Å². The molecule has 0 aromatic heterocycles. The highest BCUT2D eigenvalue weighted by atomic mass is 32.2. The van der Waals surface area contributed by atoms with Gasteiger partial charge in [-0.25, -0.2) is 8.42 Å². The van der Waals surface area contributed by atoms with Gasteiger partial charge in [-0.3, -0.25) is 13.9 Å². The van der Waals surface area contributed by atoms with Crippen LogP contribution in [0.2, 0.25) is 0 Å². The van der Waals surface area contributed by atoms with Crippen molar-refractivity contribution in [2.75, 3.05) is 24.2 Å². The Bertz CT molecular complexity index is 1220. The standard InChI is InChI=1S/C26H34F3N3O5S/c1-6-18(3)30-25(34)23(7-2)31(16-19-10-8-13-22(14-19)37-4)24(33)17-32(38(5,35)36)21-12-9-11-20(15-21)26(27,28)29/h8-15,18,23H,6-7,16-17H2,1-5H3,(H,30,34)/t18-,23-/m1/s1. The molecule has 2 aromatic carbocycles. The molecule has 0 bridgehead atoms. The van der Waals surface area contributed by atoms with Gasteiger partial charge >= 0.3 is 6.18 Å². The summed E-state index contributed by atoms with van der Waals surface area (Å²) in [6.07, 6.45) is -3.02. The molecule has 2 amide bonds. The summed E-state index contributed by atoms with van der Waals surface area (Å²) in [4.78, 5) is 28.0. The molecular formula is C26H34F3N3O5S. The number of halogens is 3. The highest BCUT2D eigenvalue weighted by molar-refractivity contribution is 7.92. The zero-order valence-electron chi connectivity index (χ0n) is 22.1. The fourth-order valence-electron chi connectivity index (χ4n) is 3.78. The molecule has 0 spiro atoms. The van der Waals surface area contributed by atoms with Gasteiger partial charge in [-0.2, -0.15) is 13.2 Å². The van der Waals surface area contributed by atoms with Crippen molar-refractivity contribution in [2.24, 2.45) is 0 Å². The monoisotopic (exact) mass is 557 g/mol. The zero-order valence-corrected chi connectivity index (χ0v) is 22.9. The Labute approximate surface area is 221 Å². The van der Waals surface area contributed by atoms with Crippen LogP contribution < -0.4 is 14.4 Å². The van der Waals surface area contributed by atoms with Gasteiger partial charge in [0, 0.05) is 12.6 Å². The van der Waals surface area contributed by atoms with Crippen LogP contribution in [0.5, 0.6) is 5.75 Å². The summed E-state index contributed by atoms with van der Waals surface area (Å²) in [5.41, 5.74) is -0.740. The molecule has 0 saturated heterocycles. The third kappa shape index (κ3) is 8.37. The molecule has 0 aliphatic rings. The fraction of sp³-hybridized carbons (Fsp3) is 0.462. The van der Waals surface area contributed by atoms with E-state index in [1.165, 1.54) is 18.1 Å². The highest BCUT2D eigenvalue weighted by Crippen LogP contribution is 2.32. The molecule has 210 valence electrons. The van der Waals surface area contributed by atoms with Crippen LogP contribution in [0.25, 0.3) is 0 Å². The number of nitrogens with zero attached hydrogens (tertiary/aromatic N) is 2. The number of carbonyl (C=O) groups is 2. The van der Waals surface area contributed by atoms with Crippen LogP contribution in [0.4, 0.5) is 18.9 Å². The van der Waals surface area contributed by atoms with Crippen LogP contribution in [0.15, 0.2) is 48.5 Å². The summed E-state index contributed by atoms with van der Waals surface area (Å²) in [6, 6.07) is 9.45. The van der Waals surface area contributed by atoms with E-state index in [1.54, 1.807) is 31.2 Å². The number of hydrogen-bond donors (Lipinski definition) is 1. The van der Waals surface area contributed by atoms with Gasteiger partial charge in [0.2, 0.25) is 21.8 Å². The summed E-state index contributed by atoms with van der Waals surface area (Å²) in [6.45, 7) is 4.58. The molecule has 0 unspecified atom stereocenters. The molecule has 0 saturated carbocycles. The lowest BCUT2D eigenvalue weighted by Crippen LogP contribution is -2.53. The number of amides is 2. The maximum Gasteiger partial charge on any atom is 0.416 e. The number of ether oxygens (including phenoxy) is 1. The second-order valence-electron chi connectivity index (χ2n) is 8.93. The highest BCUT2D eigenvalue weighted by Gasteiger charge is 2.34. The Morgan fingerprint density at radius 2 is 1.71 bits per heavy atom. The van der Waals surface area contributed by atoms with E-state index in [2.05, 4.69) is 5.32 Å². The lowest BCUT2D eigenvalue weighted by Gasteiger charge is -2.33.